The number of carbonyl (C=O) groups is 1. The molecular weight excluding hydrogens is 551 g/mol. The predicted octanol–water partition coefficient (Wildman–Crippen LogP) is 7.62. The molecule has 3 atom stereocenters. The molecule has 0 aromatic rings. The maximum absolute atomic E-state index is 12.1. The highest BCUT2D eigenvalue weighted by Crippen LogP contribution is 2.43. The number of hydrogen-bond acceptors (Lipinski definition) is 5. The van der Waals surface area contributed by atoms with Crippen LogP contribution in [0.15, 0.2) is 36.5 Å². The highest BCUT2D eigenvalue weighted by atomic mass is 31.2. The molecule has 0 spiro atoms. The second-order valence-corrected chi connectivity index (χ2v) is 13.7. The molecule has 0 bridgehead atoms. The summed E-state index contributed by atoms with van der Waals surface area (Å²) >= 11 is 0. The number of nitrogens with one attached hydrogen (secondary N) is 1. The third kappa shape index (κ3) is 28.8. The van der Waals surface area contributed by atoms with E-state index < -0.39 is 20.0 Å². The van der Waals surface area contributed by atoms with Gasteiger partial charge in [-0.15, -0.1) is 0 Å². The molecule has 3 unspecified atom stereocenters. The van der Waals surface area contributed by atoms with Crippen molar-refractivity contribution in [2.45, 2.75) is 129 Å². The fourth-order valence-electron chi connectivity index (χ4n) is 4.28. The van der Waals surface area contributed by atoms with Crippen molar-refractivity contribution in [1.82, 2.24) is 5.32 Å². The summed E-state index contributed by atoms with van der Waals surface area (Å²) in [6.45, 7) is 3.81. The minimum atomic E-state index is -4.29. The summed E-state index contributed by atoms with van der Waals surface area (Å²) in [4.78, 5) is 21.5. The lowest BCUT2D eigenvalue weighted by molar-refractivity contribution is -0.870. The normalized spacial score (nSPS) is 15.5. The van der Waals surface area contributed by atoms with E-state index in [2.05, 4.69) is 36.5 Å². The molecule has 42 heavy (non-hydrogen) atoms. The summed E-state index contributed by atoms with van der Waals surface area (Å²) in [5, 5.41) is 13.0. The number of nitrogens with zero attached hydrogens (tertiary/aromatic N) is 1. The van der Waals surface area contributed by atoms with Crippen molar-refractivity contribution in [1.29, 1.82) is 0 Å². The molecule has 0 aliphatic rings. The number of likely N-dealkylation sites (N-methyl/N-ethyl adjacent to an activating group) is 1. The summed E-state index contributed by atoms with van der Waals surface area (Å²) in [5.41, 5.74) is 0. The smallest absolute Gasteiger partial charge is 0.387 e. The van der Waals surface area contributed by atoms with Crippen LogP contribution in [-0.4, -0.2) is 73.4 Å². The Morgan fingerprint density at radius 3 is 1.76 bits per heavy atom. The Morgan fingerprint density at radius 1 is 0.786 bits per heavy atom. The van der Waals surface area contributed by atoms with E-state index in [9.17, 15) is 19.4 Å². The zero-order valence-corrected chi connectivity index (χ0v) is 28.4. The molecule has 0 radical (unpaired) electrons. The second-order valence-electron chi connectivity index (χ2n) is 12.3. The van der Waals surface area contributed by atoms with Crippen LogP contribution in [0.1, 0.15) is 117 Å². The van der Waals surface area contributed by atoms with E-state index in [0.29, 0.717) is 11.0 Å². The monoisotopic (exact) mass is 615 g/mol. The number of phosphoric acid groups is 1. The summed E-state index contributed by atoms with van der Waals surface area (Å²) < 4.78 is 22.8. The van der Waals surface area contributed by atoms with Crippen LogP contribution in [0.4, 0.5) is 0 Å². The highest BCUT2D eigenvalue weighted by molar-refractivity contribution is 7.47. The van der Waals surface area contributed by atoms with Gasteiger partial charge in [0.25, 0.3) is 0 Å². The van der Waals surface area contributed by atoms with Crippen molar-refractivity contribution in [3.63, 3.8) is 0 Å². The number of aliphatic hydroxyl groups excluding tert-OH is 1. The lowest BCUT2D eigenvalue weighted by Gasteiger charge is -2.25. The third-order valence-electron chi connectivity index (χ3n) is 6.88. The van der Waals surface area contributed by atoms with Crippen LogP contribution in [0, 0.1) is 0 Å². The number of aliphatic hydroxyl groups is 1. The Balaban J connectivity index is 4.00. The average molecular weight is 616 g/mol. The van der Waals surface area contributed by atoms with E-state index in [1.165, 1.54) is 84.0 Å². The van der Waals surface area contributed by atoms with Gasteiger partial charge in [-0.2, -0.15) is 0 Å². The standard InChI is InChI=1S/C33H63N2O6P/c1-6-7-8-9-10-11-12-13-14-15-16-17-18-19-20-21-22-23-24-25-26-27-33(37)32(34-31(2)36)30-41-42(38,39)40-29-28-35(3,4)5/h18-19,22-23,26-27,32-33,37H,6-17,20-21,24-25,28-30H2,1-5H3,(H-,34,36,38,39)/p+1/b19-18+,23-22+,27-26+. The topological polar surface area (TPSA) is 105 Å². The van der Waals surface area contributed by atoms with Gasteiger partial charge in [0.1, 0.15) is 13.2 Å². The Morgan fingerprint density at radius 2 is 1.26 bits per heavy atom. The van der Waals surface area contributed by atoms with Crippen LogP contribution in [0.5, 0.6) is 0 Å². The van der Waals surface area contributed by atoms with Crippen molar-refractivity contribution < 1.29 is 32.9 Å². The SMILES string of the molecule is CCCCCCCCCCCCC/C=C/CC/C=C/CC/C=C/C(O)C(COP(=O)(O)OCC[N+](C)(C)C)NC(C)=O. The maximum Gasteiger partial charge on any atom is 0.472 e. The Kier molecular flexibility index (Phi) is 25.4. The number of quaternary nitrogens is 1. The van der Waals surface area contributed by atoms with Crippen molar-refractivity contribution in [2.24, 2.45) is 0 Å². The van der Waals surface area contributed by atoms with Gasteiger partial charge in [-0.05, 0) is 38.5 Å². The van der Waals surface area contributed by atoms with Crippen LogP contribution in [0.2, 0.25) is 0 Å². The van der Waals surface area contributed by atoms with Crippen LogP contribution in [0.3, 0.4) is 0 Å². The Labute approximate surface area is 257 Å². The average Bonchev–Trinajstić information content (AvgIpc) is 2.90. The van der Waals surface area contributed by atoms with Crippen LogP contribution in [-0.2, 0) is 18.4 Å². The number of rotatable bonds is 28. The first-order chi connectivity index (χ1) is 20.0. The molecule has 0 saturated carbocycles. The van der Waals surface area contributed by atoms with Crippen molar-refractivity contribution in [3.05, 3.63) is 36.5 Å². The lowest BCUT2D eigenvalue weighted by Crippen LogP contribution is -2.44. The van der Waals surface area contributed by atoms with E-state index in [1.54, 1.807) is 6.08 Å². The molecular formula is C33H64N2O6P+. The number of phosphoric ester groups is 1. The van der Waals surface area contributed by atoms with E-state index in [1.807, 2.05) is 27.2 Å². The van der Waals surface area contributed by atoms with Gasteiger partial charge in [0.15, 0.2) is 0 Å². The van der Waals surface area contributed by atoms with E-state index in [0.717, 1.165) is 25.7 Å². The summed E-state index contributed by atoms with van der Waals surface area (Å²) in [5.74, 6) is -0.370. The van der Waals surface area contributed by atoms with Crippen molar-refractivity contribution >= 4 is 13.7 Å². The first-order valence-electron chi connectivity index (χ1n) is 16.3. The summed E-state index contributed by atoms with van der Waals surface area (Å²) in [7, 11) is 1.53. The Hall–Kier alpha value is -1.28. The van der Waals surface area contributed by atoms with E-state index in [-0.39, 0.29) is 19.1 Å². The van der Waals surface area contributed by atoms with Gasteiger partial charge >= 0.3 is 7.82 Å². The number of amides is 1. The molecule has 0 heterocycles. The number of allylic oxidation sites excluding steroid dienone is 5. The van der Waals surface area contributed by atoms with E-state index >= 15 is 0 Å². The zero-order valence-electron chi connectivity index (χ0n) is 27.5. The van der Waals surface area contributed by atoms with Gasteiger partial charge < -0.3 is 19.8 Å². The van der Waals surface area contributed by atoms with Crippen molar-refractivity contribution in [2.75, 3.05) is 40.9 Å². The largest absolute Gasteiger partial charge is 0.472 e. The first kappa shape index (κ1) is 40.7. The molecule has 3 N–H and O–H groups in total. The second kappa shape index (κ2) is 26.2. The third-order valence-corrected chi connectivity index (χ3v) is 7.86. The highest BCUT2D eigenvalue weighted by Gasteiger charge is 2.27. The molecule has 0 saturated heterocycles. The molecule has 0 aliphatic heterocycles. The number of unbranched alkanes of at least 4 members (excludes halogenated alkanes) is 13. The molecule has 0 fully saturated rings. The molecule has 0 aliphatic carbocycles. The maximum atomic E-state index is 12.1. The van der Waals surface area contributed by atoms with E-state index in [4.69, 9.17) is 9.05 Å². The fourth-order valence-corrected chi connectivity index (χ4v) is 5.02. The minimum absolute atomic E-state index is 0.0494. The molecule has 0 aromatic carbocycles. The van der Waals surface area contributed by atoms with Gasteiger partial charge in [0.2, 0.25) is 5.91 Å². The molecule has 8 nitrogen and oxygen atoms in total. The molecule has 0 rings (SSSR count). The summed E-state index contributed by atoms with van der Waals surface area (Å²) in [6.07, 6.45) is 31.3. The molecule has 9 heteroatoms. The van der Waals surface area contributed by atoms with Crippen LogP contribution in [0.25, 0.3) is 0 Å². The molecule has 246 valence electrons. The molecule has 0 aromatic heterocycles. The van der Waals surface area contributed by atoms with Crippen LogP contribution >= 0.6 is 7.82 Å². The fraction of sp³-hybridized carbons (Fsp3) is 0.788. The summed E-state index contributed by atoms with van der Waals surface area (Å²) in [6, 6.07) is -0.867. The molecule has 1 amide bonds. The minimum Gasteiger partial charge on any atom is -0.387 e. The number of carbonyl (C=O) groups excluding carboxylic acids is 1. The van der Waals surface area contributed by atoms with Gasteiger partial charge in [0, 0.05) is 6.92 Å². The van der Waals surface area contributed by atoms with Crippen molar-refractivity contribution in [3.8, 4) is 0 Å². The Bertz CT molecular complexity index is 794. The van der Waals surface area contributed by atoms with Gasteiger partial charge in [-0.1, -0.05) is 108 Å². The quantitative estimate of drug-likeness (QED) is 0.0362. The first-order valence-corrected chi connectivity index (χ1v) is 17.8. The van der Waals surface area contributed by atoms with Crippen LogP contribution < -0.4 is 5.32 Å². The zero-order chi connectivity index (χ0) is 31.5. The number of hydrogen-bond donors (Lipinski definition) is 3. The lowest BCUT2D eigenvalue weighted by atomic mass is 10.1. The van der Waals surface area contributed by atoms with Gasteiger partial charge in [0.05, 0.1) is 39.9 Å². The van der Waals surface area contributed by atoms with Gasteiger partial charge in [-0.25, -0.2) is 4.57 Å². The predicted molar refractivity (Wildman–Crippen MR) is 175 cm³/mol. The van der Waals surface area contributed by atoms with Gasteiger partial charge in [-0.3, -0.25) is 13.8 Å².